The first-order chi connectivity index (χ1) is 8.66. The highest BCUT2D eigenvalue weighted by atomic mass is 79.9. The van der Waals surface area contributed by atoms with Crippen LogP contribution in [0.5, 0.6) is 0 Å². The van der Waals surface area contributed by atoms with Crippen molar-refractivity contribution in [3.8, 4) is 0 Å². The van der Waals surface area contributed by atoms with Crippen LogP contribution in [0.15, 0.2) is 28.9 Å². The van der Waals surface area contributed by atoms with E-state index in [9.17, 15) is 0 Å². The molecule has 2 rings (SSSR count). The van der Waals surface area contributed by atoms with Gasteiger partial charge in [-0.25, -0.2) is 0 Å². The molecule has 5 heteroatoms. The summed E-state index contributed by atoms with van der Waals surface area (Å²) >= 11 is 3.41. The van der Waals surface area contributed by atoms with Crippen molar-refractivity contribution in [3.05, 3.63) is 40.3 Å². The van der Waals surface area contributed by atoms with Gasteiger partial charge < -0.3 is 10.1 Å². The molecule has 1 aliphatic rings. The van der Waals surface area contributed by atoms with Crippen LogP contribution in [0.3, 0.4) is 0 Å². The summed E-state index contributed by atoms with van der Waals surface area (Å²) in [6.45, 7) is 3.45. The van der Waals surface area contributed by atoms with E-state index in [-0.39, 0.29) is 0 Å². The molecular formula is C13H16BrN3O. The molecule has 1 aromatic rings. The second-order valence-electron chi connectivity index (χ2n) is 4.26. The van der Waals surface area contributed by atoms with Crippen molar-refractivity contribution >= 4 is 21.6 Å². The number of nitrogens with one attached hydrogen (secondary N) is 2. The number of nitrogens with zero attached hydrogens (tertiary/aromatic N) is 1. The number of halogens is 1. The monoisotopic (exact) mass is 309 g/mol. The number of ether oxygens (including phenoxy) is 1. The van der Waals surface area contributed by atoms with E-state index in [2.05, 4.69) is 26.2 Å². The average molecular weight is 310 g/mol. The molecule has 1 unspecified atom stereocenters. The minimum atomic E-state index is 0.343. The predicted octanol–water partition coefficient (Wildman–Crippen LogP) is 2.37. The SMILES string of the molecule is Cc1cccc(C(=N)/C(Br)=C\NC2CCOC2)n1. The van der Waals surface area contributed by atoms with Crippen LogP contribution in [0.4, 0.5) is 0 Å². The largest absolute Gasteiger partial charge is 0.385 e. The van der Waals surface area contributed by atoms with Crippen LogP contribution in [0, 0.1) is 12.3 Å². The van der Waals surface area contributed by atoms with E-state index < -0.39 is 0 Å². The van der Waals surface area contributed by atoms with Crippen molar-refractivity contribution < 1.29 is 4.74 Å². The lowest BCUT2D eigenvalue weighted by Gasteiger charge is -2.09. The van der Waals surface area contributed by atoms with Gasteiger partial charge in [-0.3, -0.25) is 10.4 Å². The van der Waals surface area contributed by atoms with Crippen molar-refractivity contribution in [2.75, 3.05) is 13.2 Å². The molecule has 0 spiro atoms. The molecule has 1 aliphatic heterocycles. The Balaban J connectivity index is 2.01. The highest BCUT2D eigenvalue weighted by molar-refractivity contribution is 9.12. The summed E-state index contributed by atoms with van der Waals surface area (Å²) in [6, 6.07) is 6.01. The quantitative estimate of drug-likeness (QED) is 0.840. The normalized spacial score (nSPS) is 19.9. The lowest BCUT2D eigenvalue weighted by molar-refractivity contribution is 0.191. The molecular weight excluding hydrogens is 294 g/mol. The first-order valence-corrected chi connectivity index (χ1v) is 6.68. The van der Waals surface area contributed by atoms with Crippen molar-refractivity contribution in [1.29, 1.82) is 5.41 Å². The van der Waals surface area contributed by atoms with Gasteiger partial charge in [-0.2, -0.15) is 0 Å². The van der Waals surface area contributed by atoms with Gasteiger partial charge in [0, 0.05) is 18.5 Å². The van der Waals surface area contributed by atoms with E-state index in [1.807, 2.05) is 31.3 Å². The maximum absolute atomic E-state index is 8.06. The van der Waals surface area contributed by atoms with Gasteiger partial charge in [0.2, 0.25) is 0 Å². The second kappa shape index (κ2) is 6.11. The van der Waals surface area contributed by atoms with Gasteiger partial charge in [0.25, 0.3) is 0 Å². The fraction of sp³-hybridized carbons (Fsp3) is 0.385. The van der Waals surface area contributed by atoms with E-state index >= 15 is 0 Å². The van der Waals surface area contributed by atoms with Crippen molar-refractivity contribution in [2.45, 2.75) is 19.4 Å². The van der Waals surface area contributed by atoms with Crippen LogP contribution in [-0.4, -0.2) is 30.0 Å². The minimum absolute atomic E-state index is 0.343. The molecule has 2 N–H and O–H groups in total. The number of hydrogen-bond acceptors (Lipinski definition) is 4. The zero-order valence-electron chi connectivity index (χ0n) is 10.2. The molecule has 0 aliphatic carbocycles. The molecule has 1 aromatic heterocycles. The molecule has 2 heterocycles. The zero-order valence-corrected chi connectivity index (χ0v) is 11.8. The smallest absolute Gasteiger partial charge is 0.0953 e. The molecule has 0 saturated carbocycles. The highest BCUT2D eigenvalue weighted by Gasteiger charge is 2.14. The standard InChI is InChI=1S/C13H16BrN3O/c1-9-3-2-4-12(17-9)13(15)11(14)7-16-10-5-6-18-8-10/h2-4,7,10,15-16H,5-6,8H2,1H3/b11-7+,15-13?. The molecule has 96 valence electrons. The Morgan fingerprint density at radius 1 is 1.61 bits per heavy atom. The van der Waals surface area contributed by atoms with E-state index in [4.69, 9.17) is 10.1 Å². The van der Waals surface area contributed by atoms with Crippen LogP contribution in [0.2, 0.25) is 0 Å². The lowest BCUT2D eigenvalue weighted by atomic mass is 10.2. The Hall–Kier alpha value is -1.20. The number of aryl methyl sites for hydroxylation is 1. The number of pyridine rings is 1. The fourth-order valence-electron chi connectivity index (χ4n) is 1.73. The Labute approximate surface area is 115 Å². The summed E-state index contributed by atoms with van der Waals surface area (Å²) in [6.07, 6.45) is 2.82. The fourth-order valence-corrected chi connectivity index (χ4v) is 2.07. The van der Waals surface area contributed by atoms with Crippen molar-refractivity contribution in [3.63, 3.8) is 0 Å². The maximum Gasteiger partial charge on any atom is 0.0953 e. The Morgan fingerprint density at radius 3 is 3.11 bits per heavy atom. The van der Waals surface area contributed by atoms with Crippen LogP contribution >= 0.6 is 15.9 Å². The van der Waals surface area contributed by atoms with E-state index in [0.29, 0.717) is 21.9 Å². The van der Waals surface area contributed by atoms with Gasteiger partial charge in [0.05, 0.1) is 28.5 Å². The summed E-state index contributed by atoms with van der Waals surface area (Å²) in [7, 11) is 0. The number of aromatic nitrogens is 1. The van der Waals surface area contributed by atoms with Gasteiger partial charge in [-0.15, -0.1) is 0 Å². The van der Waals surface area contributed by atoms with Crippen LogP contribution in [0.1, 0.15) is 17.8 Å². The van der Waals surface area contributed by atoms with Gasteiger partial charge in [0.1, 0.15) is 0 Å². The molecule has 0 aromatic carbocycles. The van der Waals surface area contributed by atoms with Crippen molar-refractivity contribution in [2.24, 2.45) is 0 Å². The molecule has 1 atom stereocenters. The molecule has 0 amide bonds. The molecule has 0 bridgehead atoms. The molecule has 1 saturated heterocycles. The third kappa shape index (κ3) is 3.40. The van der Waals surface area contributed by atoms with E-state index in [1.54, 1.807) is 0 Å². The van der Waals surface area contributed by atoms with Gasteiger partial charge in [-0.05, 0) is 41.4 Å². The average Bonchev–Trinajstić information content (AvgIpc) is 2.88. The van der Waals surface area contributed by atoms with E-state index in [1.165, 1.54) is 0 Å². The molecule has 0 radical (unpaired) electrons. The maximum atomic E-state index is 8.06. The predicted molar refractivity (Wildman–Crippen MR) is 75.2 cm³/mol. The van der Waals surface area contributed by atoms with Crippen LogP contribution in [-0.2, 0) is 4.74 Å². The zero-order chi connectivity index (χ0) is 13.0. The summed E-state index contributed by atoms with van der Waals surface area (Å²) in [5.41, 5.74) is 1.96. The van der Waals surface area contributed by atoms with Gasteiger partial charge in [-0.1, -0.05) is 6.07 Å². The summed E-state index contributed by atoms with van der Waals surface area (Å²) in [4.78, 5) is 4.33. The summed E-state index contributed by atoms with van der Waals surface area (Å²) in [5.74, 6) is 0. The van der Waals surface area contributed by atoms with Gasteiger partial charge in [0.15, 0.2) is 0 Å². The highest BCUT2D eigenvalue weighted by Crippen LogP contribution is 2.13. The Bertz CT molecular complexity index is 467. The summed E-state index contributed by atoms with van der Waals surface area (Å²) in [5, 5.41) is 11.3. The van der Waals surface area contributed by atoms with Crippen molar-refractivity contribution in [1.82, 2.24) is 10.3 Å². The molecule has 18 heavy (non-hydrogen) atoms. The third-order valence-electron chi connectivity index (χ3n) is 2.76. The summed E-state index contributed by atoms with van der Waals surface area (Å²) < 4.78 is 5.98. The Morgan fingerprint density at radius 2 is 2.44 bits per heavy atom. The molecule has 1 fully saturated rings. The first-order valence-electron chi connectivity index (χ1n) is 5.89. The number of rotatable bonds is 4. The first kappa shape index (κ1) is 13.2. The Kier molecular flexibility index (Phi) is 4.49. The topological polar surface area (TPSA) is 58.0 Å². The van der Waals surface area contributed by atoms with Gasteiger partial charge >= 0.3 is 0 Å². The lowest BCUT2D eigenvalue weighted by Crippen LogP contribution is -2.24. The molecule has 4 nitrogen and oxygen atoms in total. The van der Waals surface area contributed by atoms with Crippen LogP contribution in [0.25, 0.3) is 0 Å². The minimum Gasteiger partial charge on any atom is -0.385 e. The van der Waals surface area contributed by atoms with Crippen LogP contribution < -0.4 is 5.32 Å². The third-order valence-corrected chi connectivity index (χ3v) is 3.38. The van der Waals surface area contributed by atoms with E-state index in [0.717, 1.165) is 25.3 Å². The number of allylic oxidation sites excluding steroid dienone is 1. The number of hydrogen-bond donors (Lipinski definition) is 2. The second-order valence-corrected chi connectivity index (χ2v) is 5.11.